The third-order valence-electron chi connectivity index (χ3n) is 7.99. The van der Waals surface area contributed by atoms with Crippen LogP contribution < -0.4 is 20.1 Å². The van der Waals surface area contributed by atoms with E-state index in [9.17, 15) is 9.59 Å². The summed E-state index contributed by atoms with van der Waals surface area (Å²) >= 11 is 1.53. The number of nitrogens with zero attached hydrogens (tertiary/aromatic N) is 1. The molecule has 182 valence electrons. The maximum Gasteiger partial charge on any atom is 0.325 e. The van der Waals surface area contributed by atoms with Gasteiger partial charge in [0.1, 0.15) is 17.6 Å². The molecule has 9 heteroatoms. The number of benzene rings is 1. The van der Waals surface area contributed by atoms with E-state index in [1.807, 2.05) is 6.92 Å². The van der Waals surface area contributed by atoms with Gasteiger partial charge in [0.25, 0.3) is 0 Å². The van der Waals surface area contributed by atoms with Crippen LogP contribution in [0.25, 0.3) is 0 Å². The summed E-state index contributed by atoms with van der Waals surface area (Å²) in [7, 11) is 3.13. The second-order valence-corrected chi connectivity index (χ2v) is 11.1. The van der Waals surface area contributed by atoms with Crippen LogP contribution in [-0.2, 0) is 16.0 Å². The van der Waals surface area contributed by atoms with E-state index in [1.54, 1.807) is 32.4 Å². The van der Waals surface area contributed by atoms with Gasteiger partial charge in [-0.25, -0.2) is 9.78 Å². The number of urea groups is 1. The zero-order valence-corrected chi connectivity index (χ0v) is 21.0. The smallest absolute Gasteiger partial charge is 0.325 e. The molecule has 5 rings (SSSR count). The monoisotopic (exact) mass is 485 g/mol. The number of thiazole rings is 1. The third-order valence-corrected chi connectivity index (χ3v) is 8.97. The van der Waals surface area contributed by atoms with Crippen molar-refractivity contribution >= 4 is 34.2 Å². The first-order valence-electron chi connectivity index (χ1n) is 11.7. The number of carbonyl (C=O) groups excluding carboxylic acids is 2. The number of amides is 2. The highest BCUT2D eigenvalue weighted by Crippen LogP contribution is 2.59. The first-order valence-corrected chi connectivity index (χ1v) is 12.5. The van der Waals surface area contributed by atoms with E-state index in [1.165, 1.54) is 16.2 Å². The van der Waals surface area contributed by atoms with Crippen molar-refractivity contribution in [3.8, 4) is 11.5 Å². The fourth-order valence-corrected chi connectivity index (χ4v) is 7.53. The van der Waals surface area contributed by atoms with E-state index in [4.69, 9.17) is 19.2 Å². The Bertz CT molecular complexity index is 1110. The summed E-state index contributed by atoms with van der Waals surface area (Å²) in [4.78, 5) is 31.1. The number of rotatable bonds is 4. The van der Waals surface area contributed by atoms with Crippen molar-refractivity contribution in [1.29, 1.82) is 0 Å². The van der Waals surface area contributed by atoms with Crippen LogP contribution in [0.2, 0.25) is 0 Å². The van der Waals surface area contributed by atoms with Gasteiger partial charge in [-0.1, -0.05) is 20.8 Å². The lowest BCUT2D eigenvalue weighted by Crippen LogP contribution is -2.50. The molecule has 1 aromatic carbocycles. The molecule has 2 N–H and O–H groups in total. The van der Waals surface area contributed by atoms with Gasteiger partial charge < -0.3 is 19.5 Å². The Hall–Kier alpha value is -2.81. The van der Waals surface area contributed by atoms with E-state index < -0.39 is 0 Å². The van der Waals surface area contributed by atoms with E-state index in [0.717, 1.165) is 25.0 Å². The Kier molecular flexibility index (Phi) is 5.70. The molecule has 2 amide bonds. The van der Waals surface area contributed by atoms with Crippen molar-refractivity contribution in [2.75, 3.05) is 24.9 Å². The molecule has 1 saturated heterocycles. The number of esters is 1. The van der Waals surface area contributed by atoms with Crippen LogP contribution in [0, 0.1) is 23.2 Å². The highest BCUT2D eigenvalue weighted by atomic mass is 32.1. The van der Waals surface area contributed by atoms with Crippen LogP contribution in [0.4, 0.5) is 15.6 Å². The quantitative estimate of drug-likeness (QED) is 0.588. The first kappa shape index (κ1) is 23.0. The van der Waals surface area contributed by atoms with Gasteiger partial charge in [0, 0.05) is 46.5 Å². The van der Waals surface area contributed by atoms with Crippen LogP contribution in [0.1, 0.15) is 50.1 Å². The fraction of sp³-hybridized carbons (Fsp3) is 0.560. The van der Waals surface area contributed by atoms with Gasteiger partial charge in [0.05, 0.1) is 25.8 Å². The summed E-state index contributed by atoms with van der Waals surface area (Å²) in [6.45, 7) is 6.50. The van der Waals surface area contributed by atoms with E-state index in [-0.39, 0.29) is 47.2 Å². The lowest BCUT2D eigenvalue weighted by molar-refractivity contribution is -0.149. The third kappa shape index (κ3) is 3.79. The summed E-state index contributed by atoms with van der Waals surface area (Å²) in [6.07, 6.45) is 2.93. The fourth-order valence-electron chi connectivity index (χ4n) is 6.27. The SMILES string of the molecule is COc1cc(NC(=O)Nc2nc3c(s2)C[C@@]2(C)CC[C@@H]4[C@H](OC(=O)[C@H]4C)[C@H]2[C@@H]3C)cc(OC)c1. The van der Waals surface area contributed by atoms with Crippen molar-refractivity contribution < 1.29 is 23.8 Å². The molecule has 2 aromatic rings. The second-order valence-electron chi connectivity index (χ2n) is 10.0. The number of fused-ring (bicyclic) bond motifs is 4. The number of hydrogen-bond acceptors (Lipinski definition) is 7. The Labute approximate surface area is 203 Å². The molecule has 0 spiro atoms. The van der Waals surface area contributed by atoms with Crippen LogP contribution in [0.3, 0.4) is 0 Å². The number of nitrogens with one attached hydrogen (secondary N) is 2. The molecule has 34 heavy (non-hydrogen) atoms. The summed E-state index contributed by atoms with van der Waals surface area (Å²) in [6, 6.07) is 4.81. The highest BCUT2D eigenvalue weighted by molar-refractivity contribution is 7.15. The largest absolute Gasteiger partial charge is 0.497 e. The Balaban J connectivity index is 1.34. The highest BCUT2D eigenvalue weighted by Gasteiger charge is 2.58. The van der Waals surface area contributed by atoms with Crippen LogP contribution >= 0.6 is 11.3 Å². The van der Waals surface area contributed by atoms with Gasteiger partial charge in [-0.2, -0.15) is 0 Å². The summed E-state index contributed by atoms with van der Waals surface area (Å²) in [5.41, 5.74) is 1.63. The molecule has 1 saturated carbocycles. The summed E-state index contributed by atoms with van der Waals surface area (Å²) < 4.78 is 16.4. The average molecular weight is 486 g/mol. The lowest BCUT2D eigenvalue weighted by atomic mass is 9.54. The normalized spacial score (nSPS) is 31.6. The summed E-state index contributed by atoms with van der Waals surface area (Å²) in [5.74, 6) is 1.75. The molecule has 2 heterocycles. The van der Waals surface area contributed by atoms with Crippen molar-refractivity contribution in [1.82, 2.24) is 4.98 Å². The molecule has 3 aliphatic rings. The van der Waals surface area contributed by atoms with Crippen LogP contribution in [0.5, 0.6) is 11.5 Å². The zero-order valence-electron chi connectivity index (χ0n) is 20.1. The molecule has 2 aliphatic carbocycles. The molecule has 0 unspecified atom stereocenters. The Morgan fingerprint density at radius 2 is 1.85 bits per heavy atom. The topological polar surface area (TPSA) is 98.8 Å². The lowest BCUT2D eigenvalue weighted by Gasteiger charge is -2.51. The minimum Gasteiger partial charge on any atom is -0.497 e. The Morgan fingerprint density at radius 3 is 2.53 bits per heavy atom. The second kappa shape index (κ2) is 8.45. The molecule has 1 aliphatic heterocycles. The number of ether oxygens (including phenoxy) is 3. The van der Waals surface area contributed by atoms with Gasteiger partial charge in [0.2, 0.25) is 0 Å². The Morgan fingerprint density at radius 1 is 1.15 bits per heavy atom. The number of carbonyl (C=O) groups is 2. The summed E-state index contributed by atoms with van der Waals surface area (Å²) in [5, 5.41) is 6.28. The number of aromatic nitrogens is 1. The number of methoxy groups -OCH3 is 2. The average Bonchev–Trinajstić information content (AvgIpc) is 3.32. The van der Waals surface area contributed by atoms with Gasteiger partial charge in [-0.3, -0.25) is 10.1 Å². The van der Waals surface area contributed by atoms with Crippen molar-refractivity contribution in [3.63, 3.8) is 0 Å². The first-order chi connectivity index (χ1) is 16.2. The van der Waals surface area contributed by atoms with Crippen molar-refractivity contribution in [2.24, 2.45) is 23.2 Å². The molecule has 8 nitrogen and oxygen atoms in total. The molecule has 2 fully saturated rings. The maximum atomic E-state index is 12.7. The van der Waals surface area contributed by atoms with Crippen LogP contribution in [0.15, 0.2) is 18.2 Å². The minimum atomic E-state index is -0.378. The van der Waals surface area contributed by atoms with E-state index in [2.05, 4.69) is 24.5 Å². The number of hydrogen-bond donors (Lipinski definition) is 2. The maximum absolute atomic E-state index is 12.7. The van der Waals surface area contributed by atoms with Gasteiger partial charge in [0.15, 0.2) is 5.13 Å². The predicted octanol–water partition coefficient (Wildman–Crippen LogP) is 5.06. The zero-order chi connectivity index (χ0) is 24.2. The van der Waals surface area contributed by atoms with E-state index >= 15 is 0 Å². The van der Waals surface area contributed by atoms with Crippen LogP contribution in [-0.4, -0.2) is 37.3 Å². The molecule has 0 bridgehead atoms. The van der Waals surface area contributed by atoms with Gasteiger partial charge in [-0.05, 0) is 24.7 Å². The molecule has 0 radical (unpaired) electrons. The van der Waals surface area contributed by atoms with Crippen molar-refractivity contribution in [3.05, 3.63) is 28.8 Å². The standard InChI is InChI=1S/C25H31N3O5S/c1-12-17-6-7-25(3)11-18-20(13(2)19(25)21(17)33-22(12)29)27-24(34-18)28-23(30)26-14-8-15(31-4)10-16(9-14)32-5/h8-10,12-13,17,19,21H,6-7,11H2,1-5H3,(H2,26,27,28,30)/t12-,13-,17-,19+,21-,25+/m0/s1. The molecular formula is C25H31N3O5S. The van der Waals surface area contributed by atoms with Gasteiger partial charge in [-0.15, -0.1) is 11.3 Å². The van der Waals surface area contributed by atoms with E-state index in [0.29, 0.717) is 22.3 Å². The molecular weight excluding hydrogens is 454 g/mol. The predicted molar refractivity (Wildman–Crippen MR) is 130 cm³/mol. The molecule has 6 atom stereocenters. The van der Waals surface area contributed by atoms with Gasteiger partial charge >= 0.3 is 12.0 Å². The molecule has 1 aromatic heterocycles. The minimum absolute atomic E-state index is 0.0326. The number of anilines is 2. The van der Waals surface area contributed by atoms with Crippen molar-refractivity contribution in [2.45, 2.75) is 52.1 Å².